The van der Waals surface area contributed by atoms with Crippen LogP contribution in [0.25, 0.3) is 0 Å². The molecule has 1 fully saturated rings. The zero-order valence-corrected chi connectivity index (χ0v) is 13.7. The maximum atomic E-state index is 12.3. The summed E-state index contributed by atoms with van der Waals surface area (Å²) in [6.07, 6.45) is -3.57. The van der Waals surface area contributed by atoms with E-state index in [-0.39, 0.29) is 18.2 Å². The van der Waals surface area contributed by atoms with Gasteiger partial charge >= 0.3 is 6.36 Å². The number of hydrogen-bond donors (Lipinski definition) is 2. The zero-order chi connectivity index (χ0) is 16.0. The number of rotatable bonds is 7. The van der Waals surface area contributed by atoms with Crippen LogP contribution in [0.1, 0.15) is 18.9 Å². The molecule has 0 aliphatic carbocycles. The van der Waals surface area contributed by atoms with E-state index in [1.54, 1.807) is 0 Å². The van der Waals surface area contributed by atoms with E-state index in [2.05, 4.69) is 15.4 Å². The summed E-state index contributed by atoms with van der Waals surface area (Å²) in [5.74, 6) is 0.912. The molecular formula is C15H22ClF3N2O2. The van der Waals surface area contributed by atoms with Gasteiger partial charge in [0.05, 0.1) is 6.61 Å². The van der Waals surface area contributed by atoms with Gasteiger partial charge in [0.15, 0.2) is 0 Å². The maximum absolute atomic E-state index is 12.3. The van der Waals surface area contributed by atoms with Gasteiger partial charge in [0.1, 0.15) is 11.5 Å². The maximum Gasteiger partial charge on any atom is 0.573 e. The lowest BCUT2D eigenvalue weighted by Gasteiger charge is -2.15. The molecular weight excluding hydrogens is 333 g/mol. The Morgan fingerprint density at radius 2 is 2.13 bits per heavy atom. The summed E-state index contributed by atoms with van der Waals surface area (Å²) in [5, 5.41) is 6.55. The average molecular weight is 355 g/mol. The molecule has 0 spiro atoms. The number of hydrogen-bond acceptors (Lipinski definition) is 4. The Kier molecular flexibility index (Phi) is 7.94. The lowest BCUT2D eigenvalue weighted by atomic mass is 10.1. The quantitative estimate of drug-likeness (QED) is 0.789. The number of nitrogens with one attached hydrogen (secondary N) is 2. The molecule has 0 bridgehead atoms. The van der Waals surface area contributed by atoms with E-state index in [0.29, 0.717) is 30.4 Å². The molecule has 2 rings (SSSR count). The van der Waals surface area contributed by atoms with Crippen molar-refractivity contribution in [2.24, 2.45) is 5.92 Å². The standard InChI is InChI=1S/C15H21F3N2O2.ClH/c1-2-21-14-4-3-13(22-15(16,17)18)7-12(14)10-20-9-11-5-6-19-8-11;/h3-4,7,11,19-20H,2,5-6,8-10H2,1H3;1H/t11-;/m1./s1. The second-order valence-electron chi connectivity index (χ2n) is 5.24. The van der Waals surface area contributed by atoms with E-state index in [0.717, 1.165) is 26.1 Å². The molecule has 1 aliphatic heterocycles. The summed E-state index contributed by atoms with van der Waals surface area (Å²) in [7, 11) is 0. The van der Waals surface area contributed by atoms with Crippen molar-refractivity contribution < 1.29 is 22.6 Å². The second-order valence-corrected chi connectivity index (χ2v) is 5.24. The average Bonchev–Trinajstić information content (AvgIpc) is 2.93. The van der Waals surface area contributed by atoms with Gasteiger partial charge in [-0.05, 0) is 57.1 Å². The summed E-state index contributed by atoms with van der Waals surface area (Å²) in [5.41, 5.74) is 0.662. The van der Waals surface area contributed by atoms with Gasteiger partial charge in [0.2, 0.25) is 0 Å². The predicted molar refractivity (Wildman–Crippen MR) is 84.2 cm³/mol. The van der Waals surface area contributed by atoms with E-state index in [9.17, 15) is 13.2 Å². The van der Waals surface area contributed by atoms with Gasteiger partial charge in [-0.3, -0.25) is 0 Å². The van der Waals surface area contributed by atoms with Crippen LogP contribution in [0.15, 0.2) is 18.2 Å². The van der Waals surface area contributed by atoms with Crippen molar-refractivity contribution in [1.82, 2.24) is 10.6 Å². The fraction of sp³-hybridized carbons (Fsp3) is 0.600. The largest absolute Gasteiger partial charge is 0.573 e. The van der Waals surface area contributed by atoms with E-state index in [1.165, 1.54) is 18.2 Å². The highest BCUT2D eigenvalue weighted by Crippen LogP contribution is 2.28. The third-order valence-corrected chi connectivity index (χ3v) is 3.48. The molecule has 132 valence electrons. The molecule has 2 N–H and O–H groups in total. The van der Waals surface area contributed by atoms with E-state index >= 15 is 0 Å². The lowest BCUT2D eigenvalue weighted by molar-refractivity contribution is -0.274. The van der Waals surface area contributed by atoms with Crippen molar-refractivity contribution in [1.29, 1.82) is 0 Å². The highest BCUT2D eigenvalue weighted by atomic mass is 35.5. The van der Waals surface area contributed by atoms with Crippen LogP contribution in [0, 0.1) is 5.92 Å². The van der Waals surface area contributed by atoms with Gasteiger partial charge in [0, 0.05) is 12.1 Å². The molecule has 0 radical (unpaired) electrons. The van der Waals surface area contributed by atoms with Gasteiger partial charge in [-0.2, -0.15) is 0 Å². The molecule has 1 aliphatic rings. The number of alkyl halides is 3. The number of benzene rings is 1. The normalized spacial score (nSPS) is 17.7. The van der Waals surface area contributed by atoms with Gasteiger partial charge in [0.25, 0.3) is 0 Å². The second kappa shape index (κ2) is 9.20. The van der Waals surface area contributed by atoms with Crippen LogP contribution in [0.2, 0.25) is 0 Å². The fourth-order valence-electron chi connectivity index (χ4n) is 2.49. The predicted octanol–water partition coefficient (Wildman–Crippen LogP) is 3.10. The molecule has 1 aromatic rings. The van der Waals surface area contributed by atoms with Crippen LogP contribution in [-0.4, -0.2) is 32.6 Å². The number of halogens is 4. The van der Waals surface area contributed by atoms with E-state index in [1.807, 2.05) is 6.92 Å². The summed E-state index contributed by atoms with van der Waals surface area (Å²) < 4.78 is 46.3. The molecule has 0 amide bonds. The van der Waals surface area contributed by atoms with Crippen molar-refractivity contribution in [3.05, 3.63) is 23.8 Å². The minimum atomic E-state index is -4.69. The number of ether oxygens (including phenoxy) is 2. The van der Waals surface area contributed by atoms with E-state index < -0.39 is 6.36 Å². The third kappa shape index (κ3) is 6.85. The zero-order valence-electron chi connectivity index (χ0n) is 12.9. The van der Waals surface area contributed by atoms with E-state index in [4.69, 9.17) is 4.74 Å². The molecule has 1 saturated heterocycles. The van der Waals surface area contributed by atoms with Gasteiger partial charge in [-0.1, -0.05) is 0 Å². The Hall–Kier alpha value is -1.18. The van der Waals surface area contributed by atoms with Gasteiger partial charge in [-0.25, -0.2) is 0 Å². The van der Waals surface area contributed by atoms with Crippen LogP contribution >= 0.6 is 12.4 Å². The highest BCUT2D eigenvalue weighted by molar-refractivity contribution is 5.85. The van der Waals surface area contributed by atoms with Crippen molar-refractivity contribution in [3.63, 3.8) is 0 Å². The van der Waals surface area contributed by atoms with Gasteiger partial charge in [-0.15, -0.1) is 25.6 Å². The minimum Gasteiger partial charge on any atom is -0.494 e. The fourth-order valence-corrected chi connectivity index (χ4v) is 2.49. The molecule has 1 atom stereocenters. The smallest absolute Gasteiger partial charge is 0.494 e. The SMILES string of the molecule is CCOc1ccc(OC(F)(F)F)cc1CNC[C@@H]1CCNC1.Cl. The first-order chi connectivity index (χ1) is 10.5. The van der Waals surface area contributed by atoms with Gasteiger partial charge < -0.3 is 20.1 Å². The molecule has 1 aromatic carbocycles. The Morgan fingerprint density at radius 3 is 2.74 bits per heavy atom. The third-order valence-electron chi connectivity index (χ3n) is 3.48. The topological polar surface area (TPSA) is 42.5 Å². The van der Waals surface area contributed by atoms with Crippen molar-refractivity contribution in [2.45, 2.75) is 26.3 Å². The van der Waals surface area contributed by atoms with Crippen LogP contribution in [0.4, 0.5) is 13.2 Å². The molecule has 8 heteroatoms. The molecule has 4 nitrogen and oxygen atoms in total. The van der Waals surface area contributed by atoms with Crippen molar-refractivity contribution in [3.8, 4) is 11.5 Å². The monoisotopic (exact) mass is 354 g/mol. The first kappa shape index (κ1) is 19.9. The van der Waals surface area contributed by atoms with Crippen molar-refractivity contribution >= 4 is 12.4 Å². The van der Waals surface area contributed by atoms with Crippen LogP contribution < -0.4 is 20.1 Å². The summed E-state index contributed by atoms with van der Waals surface area (Å²) >= 11 is 0. The Labute approximate surface area is 140 Å². The van der Waals surface area contributed by atoms with Crippen LogP contribution in [-0.2, 0) is 6.54 Å². The Bertz CT molecular complexity index is 480. The van der Waals surface area contributed by atoms with Crippen LogP contribution in [0.3, 0.4) is 0 Å². The first-order valence-electron chi connectivity index (χ1n) is 7.41. The molecule has 0 saturated carbocycles. The molecule has 23 heavy (non-hydrogen) atoms. The minimum absolute atomic E-state index is 0. The Morgan fingerprint density at radius 1 is 1.35 bits per heavy atom. The first-order valence-corrected chi connectivity index (χ1v) is 7.41. The molecule has 0 aromatic heterocycles. The lowest BCUT2D eigenvalue weighted by Crippen LogP contribution is -2.24. The molecule has 0 unspecified atom stereocenters. The summed E-state index contributed by atoms with van der Waals surface area (Å²) in [4.78, 5) is 0. The summed E-state index contributed by atoms with van der Waals surface area (Å²) in [6, 6.07) is 4.15. The van der Waals surface area contributed by atoms with Crippen molar-refractivity contribution in [2.75, 3.05) is 26.2 Å². The molecule has 1 heterocycles. The summed E-state index contributed by atoms with van der Waals surface area (Å²) in [6.45, 7) is 5.55. The van der Waals surface area contributed by atoms with Crippen LogP contribution in [0.5, 0.6) is 11.5 Å². The highest BCUT2D eigenvalue weighted by Gasteiger charge is 2.31. The Balaban J connectivity index is 0.00000264.